The van der Waals surface area contributed by atoms with Crippen molar-refractivity contribution in [2.45, 2.75) is 6.17 Å². The Morgan fingerprint density at radius 3 is 2.08 bits per heavy atom. The average molecular weight is 690 g/mol. The minimum Gasteiger partial charge on any atom is -0.456 e. The van der Waals surface area contributed by atoms with Crippen molar-refractivity contribution < 1.29 is 4.42 Å². The number of furan rings is 1. The van der Waals surface area contributed by atoms with Gasteiger partial charge in [-0.05, 0) is 71.3 Å². The van der Waals surface area contributed by atoms with E-state index < -0.39 is 0 Å². The number of benzene rings is 7. The van der Waals surface area contributed by atoms with Crippen LogP contribution < -0.4 is 5.32 Å². The Morgan fingerprint density at radius 1 is 0.490 bits per heavy atom. The number of hydrogen-bond acceptors (Lipinski definition) is 6. The fraction of sp³-hybridized carbons (Fsp3) is 0.0222. The van der Waals surface area contributed by atoms with Crippen LogP contribution in [0.4, 0.5) is 0 Å². The predicted octanol–water partition coefficient (Wildman–Crippen LogP) is 12.5. The number of nitrogens with one attached hydrogen (secondary N) is 1. The van der Waals surface area contributed by atoms with Crippen LogP contribution in [0.5, 0.6) is 0 Å². The zero-order chi connectivity index (χ0) is 33.5. The van der Waals surface area contributed by atoms with Gasteiger partial charge in [-0.25, -0.2) is 9.98 Å². The Labute approximate surface area is 300 Å². The number of aliphatic imine (C=N–C) groups is 2. The molecule has 11 rings (SSSR count). The van der Waals surface area contributed by atoms with E-state index in [4.69, 9.17) is 14.4 Å². The summed E-state index contributed by atoms with van der Waals surface area (Å²) >= 11 is 3.65. The fourth-order valence-corrected chi connectivity index (χ4v) is 9.82. The van der Waals surface area contributed by atoms with E-state index in [-0.39, 0.29) is 6.17 Å². The molecule has 51 heavy (non-hydrogen) atoms. The molecule has 0 spiro atoms. The zero-order valence-electron chi connectivity index (χ0n) is 27.1. The molecule has 4 heterocycles. The average Bonchev–Trinajstić information content (AvgIpc) is 3.88. The van der Waals surface area contributed by atoms with Crippen molar-refractivity contribution in [3.63, 3.8) is 0 Å². The van der Waals surface area contributed by atoms with E-state index in [9.17, 15) is 0 Å². The Kier molecular flexibility index (Phi) is 6.32. The third-order valence-corrected chi connectivity index (χ3v) is 12.2. The van der Waals surface area contributed by atoms with E-state index in [1.807, 2.05) is 40.9 Å². The molecule has 6 heteroatoms. The second kappa shape index (κ2) is 11.2. The number of thiophene rings is 2. The Morgan fingerprint density at radius 2 is 1.20 bits per heavy atom. The smallest absolute Gasteiger partial charge is 0.159 e. The molecule has 1 N–H and O–H groups in total. The SMILES string of the molecule is c1ccc(C2N=C(c3ccc4sc5ccccc5c4c3)N=C(c3cc(-c4cccc5sc6ccccc6c45)cc4oc5ccccc5c34)N2)cc1. The highest BCUT2D eigenvalue weighted by Crippen LogP contribution is 2.43. The lowest BCUT2D eigenvalue weighted by Gasteiger charge is -2.24. The van der Waals surface area contributed by atoms with Crippen molar-refractivity contribution in [1.29, 1.82) is 0 Å². The van der Waals surface area contributed by atoms with Gasteiger partial charge in [-0.15, -0.1) is 22.7 Å². The molecule has 0 bridgehead atoms. The van der Waals surface area contributed by atoms with Gasteiger partial charge >= 0.3 is 0 Å². The summed E-state index contributed by atoms with van der Waals surface area (Å²) in [5.41, 5.74) is 6.99. The summed E-state index contributed by atoms with van der Waals surface area (Å²) in [6, 6.07) is 53.7. The summed E-state index contributed by atoms with van der Waals surface area (Å²) in [6.07, 6.45) is -0.329. The summed E-state index contributed by atoms with van der Waals surface area (Å²) in [5.74, 6) is 1.47. The summed E-state index contributed by atoms with van der Waals surface area (Å²) in [4.78, 5) is 10.6. The van der Waals surface area contributed by atoms with Crippen LogP contribution in [0.2, 0.25) is 0 Å². The Bertz CT molecular complexity index is 3070. The zero-order valence-corrected chi connectivity index (χ0v) is 28.8. The van der Waals surface area contributed by atoms with Gasteiger partial charge in [0, 0.05) is 62.2 Å². The van der Waals surface area contributed by atoms with E-state index in [0.717, 1.165) is 50.0 Å². The molecule has 1 aliphatic rings. The molecule has 0 saturated heterocycles. The lowest BCUT2D eigenvalue weighted by molar-refractivity contribution is 0.668. The van der Waals surface area contributed by atoms with Gasteiger partial charge in [0.25, 0.3) is 0 Å². The van der Waals surface area contributed by atoms with Crippen LogP contribution in [0.1, 0.15) is 22.9 Å². The van der Waals surface area contributed by atoms with Gasteiger partial charge in [0.15, 0.2) is 5.84 Å². The highest BCUT2D eigenvalue weighted by atomic mass is 32.1. The van der Waals surface area contributed by atoms with Gasteiger partial charge in [-0.3, -0.25) is 0 Å². The van der Waals surface area contributed by atoms with Crippen LogP contribution in [0.15, 0.2) is 166 Å². The number of amidine groups is 2. The van der Waals surface area contributed by atoms with Crippen molar-refractivity contribution >= 4 is 96.6 Å². The van der Waals surface area contributed by atoms with Gasteiger partial charge < -0.3 is 9.73 Å². The molecule has 0 fully saturated rings. The maximum atomic E-state index is 6.62. The molecule has 4 nitrogen and oxygen atoms in total. The lowest BCUT2D eigenvalue weighted by atomic mass is 9.94. The third-order valence-electron chi connectivity index (χ3n) is 9.94. The maximum Gasteiger partial charge on any atom is 0.159 e. The normalized spacial score (nSPS) is 14.9. The summed E-state index contributed by atoms with van der Waals surface area (Å²) in [7, 11) is 0. The summed E-state index contributed by atoms with van der Waals surface area (Å²) in [5, 5.41) is 10.9. The van der Waals surface area contributed by atoms with Crippen LogP contribution >= 0.6 is 22.7 Å². The minimum absolute atomic E-state index is 0.329. The van der Waals surface area contributed by atoms with E-state index >= 15 is 0 Å². The molecule has 240 valence electrons. The molecule has 10 aromatic rings. The molecule has 0 radical (unpaired) electrons. The highest BCUT2D eigenvalue weighted by Gasteiger charge is 2.25. The molecule has 0 saturated carbocycles. The number of para-hydroxylation sites is 1. The molecular weight excluding hydrogens is 663 g/mol. The molecule has 3 aromatic heterocycles. The fourth-order valence-electron chi connectivity index (χ4n) is 7.60. The quantitative estimate of drug-likeness (QED) is 0.200. The van der Waals surface area contributed by atoms with Crippen LogP contribution in [-0.4, -0.2) is 11.7 Å². The largest absolute Gasteiger partial charge is 0.456 e. The first-order valence-corrected chi connectivity index (χ1v) is 18.6. The lowest BCUT2D eigenvalue weighted by Crippen LogP contribution is -2.33. The Hall–Kier alpha value is -6.08. The first-order valence-electron chi connectivity index (χ1n) is 17.0. The second-order valence-electron chi connectivity index (χ2n) is 13.0. The van der Waals surface area contributed by atoms with Gasteiger partial charge in [-0.2, -0.15) is 0 Å². The van der Waals surface area contributed by atoms with Gasteiger partial charge in [-0.1, -0.05) is 97.1 Å². The highest BCUT2D eigenvalue weighted by molar-refractivity contribution is 7.26. The van der Waals surface area contributed by atoms with Crippen molar-refractivity contribution in [2.24, 2.45) is 9.98 Å². The molecule has 0 aliphatic carbocycles. The number of nitrogens with zero attached hydrogens (tertiary/aromatic N) is 2. The first-order chi connectivity index (χ1) is 25.2. The van der Waals surface area contributed by atoms with Crippen molar-refractivity contribution in [2.75, 3.05) is 0 Å². The van der Waals surface area contributed by atoms with Crippen molar-refractivity contribution in [3.05, 3.63) is 168 Å². The monoisotopic (exact) mass is 689 g/mol. The van der Waals surface area contributed by atoms with Crippen LogP contribution in [0.25, 0.3) is 73.4 Å². The topological polar surface area (TPSA) is 49.9 Å². The van der Waals surface area contributed by atoms with Gasteiger partial charge in [0.05, 0.1) is 0 Å². The molecule has 1 atom stereocenters. The van der Waals surface area contributed by atoms with E-state index in [1.54, 1.807) is 0 Å². The van der Waals surface area contributed by atoms with Crippen LogP contribution in [0, 0.1) is 0 Å². The van der Waals surface area contributed by atoms with E-state index in [1.165, 1.54) is 45.9 Å². The number of rotatable bonds is 4. The molecule has 1 aliphatic heterocycles. The van der Waals surface area contributed by atoms with Crippen molar-refractivity contribution in [1.82, 2.24) is 5.32 Å². The minimum atomic E-state index is -0.329. The summed E-state index contributed by atoms with van der Waals surface area (Å²) < 4.78 is 11.7. The van der Waals surface area contributed by atoms with E-state index in [0.29, 0.717) is 5.84 Å². The molecule has 0 amide bonds. The van der Waals surface area contributed by atoms with Crippen LogP contribution in [-0.2, 0) is 0 Å². The predicted molar refractivity (Wildman–Crippen MR) is 217 cm³/mol. The molecular formula is C45H27N3OS2. The van der Waals surface area contributed by atoms with Gasteiger partial charge in [0.2, 0.25) is 0 Å². The first kappa shape index (κ1) is 28.7. The van der Waals surface area contributed by atoms with Crippen molar-refractivity contribution in [3.8, 4) is 11.1 Å². The van der Waals surface area contributed by atoms with E-state index in [2.05, 4.69) is 139 Å². The standard InChI is InChI=1S/C45H27N3OS2/c1-2-11-26(12-3-1)43-46-44(27-21-22-39-33(23-27)30-13-5-8-18-37(30)50-39)48-45(47-43)34-24-28(25-36-41(34)31-14-4-7-17-35(31)49-36)29-16-10-20-40-42(29)32-15-6-9-19-38(32)51-40/h1-25,43H,(H,46,47,48). The Balaban J connectivity index is 1.17. The molecule has 1 unspecified atom stereocenters. The third kappa shape index (κ3) is 4.57. The number of fused-ring (bicyclic) bond motifs is 9. The van der Waals surface area contributed by atoms with Gasteiger partial charge in [0.1, 0.15) is 23.2 Å². The second-order valence-corrected chi connectivity index (χ2v) is 15.1. The number of hydrogen-bond donors (Lipinski definition) is 1. The molecule has 7 aromatic carbocycles. The summed E-state index contributed by atoms with van der Waals surface area (Å²) in [6.45, 7) is 0. The maximum absolute atomic E-state index is 6.62. The van der Waals surface area contributed by atoms with Crippen LogP contribution in [0.3, 0.4) is 0 Å².